The zero-order valence-corrected chi connectivity index (χ0v) is 23.9. The molecule has 1 aliphatic carbocycles. The van der Waals surface area contributed by atoms with Crippen molar-refractivity contribution >= 4 is 18.2 Å². The number of carbonyl (C=O) groups excluding carboxylic acids is 3. The zero-order valence-electron chi connectivity index (χ0n) is 23.9. The van der Waals surface area contributed by atoms with Crippen LogP contribution in [0.1, 0.15) is 64.4 Å². The third-order valence-electron chi connectivity index (χ3n) is 7.78. The summed E-state index contributed by atoms with van der Waals surface area (Å²) in [7, 11) is 4.60. The van der Waals surface area contributed by atoms with Gasteiger partial charge >= 0.3 is 11.9 Å². The topological polar surface area (TPSA) is 113 Å². The Morgan fingerprint density at radius 1 is 1.05 bits per heavy atom. The lowest BCUT2D eigenvalue weighted by Crippen LogP contribution is -2.53. The minimum absolute atomic E-state index is 0.0127. The summed E-state index contributed by atoms with van der Waals surface area (Å²) in [5, 5.41) is 3.19. The van der Waals surface area contributed by atoms with Gasteiger partial charge in [-0.05, 0) is 50.7 Å². The molecule has 0 aromatic heterocycles. The van der Waals surface area contributed by atoms with Gasteiger partial charge in [0.1, 0.15) is 25.0 Å². The van der Waals surface area contributed by atoms with Crippen molar-refractivity contribution in [2.45, 2.75) is 89.6 Å². The maximum atomic E-state index is 13.5. The first-order valence-corrected chi connectivity index (χ1v) is 14.0. The second-order valence-corrected chi connectivity index (χ2v) is 10.2. The molecule has 10 nitrogen and oxygen atoms in total. The molecule has 1 aromatic carbocycles. The van der Waals surface area contributed by atoms with Gasteiger partial charge in [0.25, 0.3) is 0 Å². The lowest BCUT2D eigenvalue weighted by Gasteiger charge is -2.35. The number of hydrogen-bond donors (Lipinski definition) is 1. The van der Waals surface area contributed by atoms with Crippen molar-refractivity contribution in [3.05, 3.63) is 17.7 Å². The van der Waals surface area contributed by atoms with Gasteiger partial charge in [-0.25, -0.2) is 0 Å². The molecule has 1 aliphatic heterocycles. The average Bonchev–Trinajstić information content (AvgIpc) is 3.32. The van der Waals surface area contributed by atoms with Crippen molar-refractivity contribution in [3.63, 3.8) is 0 Å². The Morgan fingerprint density at radius 3 is 2.44 bits per heavy atom. The minimum Gasteiger partial charge on any atom is -0.493 e. The number of esters is 2. The summed E-state index contributed by atoms with van der Waals surface area (Å²) in [5.74, 6) is 1.09. The van der Waals surface area contributed by atoms with Gasteiger partial charge in [-0.3, -0.25) is 19.8 Å². The van der Waals surface area contributed by atoms with Crippen LogP contribution in [0.4, 0.5) is 0 Å². The van der Waals surface area contributed by atoms with Gasteiger partial charge in [-0.2, -0.15) is 0 Å². The molecule has 1 N–H and O–H groups in total. The third kappa shape index (κ3) is 7.42. The summed E-state index contributed by atoms with van der Waals surface area (Å²) in [6.45, 7) is 4.36. The van der Waals surface area contributed by atoms with Gasteiger partial charge in [0.05, 0.1) is 34.0 Å². The molecule has 2 aliphatic rings. The van der Waals surface area contributed by atoms with Gasteiger partial charge in [-0.15, -0.1) is 0 Å². The highest BCUT2D eigenvalue weighted by atomic mass is 16.5. The van der Waals surface area contributed by atoms with Crippen LogP contribution in [-0.4, -0.2) is 81.8 Å². The molecular weight excluding hydrogens is 504 g/mol. The summed E-state index contributed by atoms with van der Waals surface area (Å²) in [6, 6.07) is 2.07. The van der Waals surface area contributed by atoms with Crippen LogP contribution in [0.3, 0.4) is 0 Å². The number of rotatable bonds is 15. The molecule has 1 heterocycles. The van der Waals surface area contributed by atoms with E-state index in [4.69, 9.17) is 23.7 Å². The van der Waals surface area contributed by atoms with Gasteiger partial charge < -0.3 is 28.5 Å². The number of fused-ring (bicyclic) bond motifs is 1. The van der Waals surface area contributed by atoms with E-state index in [1.165, 1.54) is 14.2 Å². The monoisotopic (exact) mass is 548 g/mol. The van der Waals surface area contributed by atoms with Gasteiger partial charge in [-0.1, -0.05) is 26.2 Å². The Hall–Kier alpha value is -2.85. The van der Waals surface area contributed by atoms with Crippen LogP contribution in [-0.2, 0) is 30.5 Å². The van der Waals surface area contributed by atoms with Gasteiger partial charge in [0.2, 0.25) is 5.75 Å². The number of likely N-dealkylation sites (tertiary alicyclic amines) is 1. The van der Waals surface area contributed by atoms with Gasteiger partial charge in [0, 0.05) is 18.2 Å². The van der Waals surface area contributed by atoms with Crippen molar-refractivity contribution in [3.8, 4) is 17.2 Å². The van der Waals surface area contributed by atoms with E-state index < -0.39 is 18.1 Å². The lowest BCUT2D eigenvalue weighted by atomic mass is 9.84. The van der Waals surface area contributed by atoms with Crippen molar-refractivity contribution < 1.29 is 38.1 Å². The quantitative estimate of drug-likeness (QED) is 0.259. The molecule has 5 atom stereocenters. The highest BCUT2D eigenvalue weighted by molar-refractivity contribution is 5.77. The zero-order chi connectivity index (χ0) is 28.4. The van der Waals surface area contributed by atoms with Crippen LogP contribution in [0.2, 0.25) is 0 Å². The molecule has 1 saturated heterocycles. The first-order chi connectivity index (χ1) is 18.9. The second kappa shape index (κ2) is 15.1. The molecule has 0 spiro atoms. The van der Waals surface area contributed by atoms with Crippen LogP contribution in [0.15, 0.2) is 12.1 Å². The number of methoxy groups -OCH3 is 3. The van der Waals surface area contributed by atoms with E-state index in [1.807, 2.05) is 6.92 Å². The van der Waals surface area contributed by atoms with Crippen LogP contribution in [0, 0.1) is 5.92 Å². The van der Waals surface area contributed by atoms with Gasteiger partial charge in [0.15, 0.2) is 11.5 Å². The molecule has 1 aromatic rings. The normalized spacial score (nSPS) is 22.3. The van der Waals surface area contributed by atoms with E-state index in [0.29, 0.717) is 48.1 Å². The van der Waals surface area contributed by atoms with E-state index in [0.717, 1.165) is 38.4 Å². The van der Waals surface area contributed by atoms with E-state index >= 15 is 0 Å². The average molecular weight is 549 g/mol. The van der Waals surface area contributed by atoms with Crippen molar-refractivity contribution in [2.75, 3.05) is 34.5 Å². The molecule has 10 heteroatoms. The largest absolute Gasteiger partial charge is 0.493 e. The molecule has 39 heavy (non-hydrogen) atoms. The number of aldehydes is 1. The van der Waals surface area contributed by atoms with E-state index in [9.17, 15) is 14.4 Å². The molecule has 218 valence electrons. The first-order valence-electron chi connectivity index (χ1n) is 14.0. The maximum absolute atomic E-state index is 13.5. The molecule has 0 unspecified atom stereocenters. The van der Waals surface area contributed by atoms with Crippen molar-refractivity contribution in [1.82, 2.24) is 10.2 Å². The molecule has 0 radical (unpaired) electrons. The summed E-state index contributed by atoms with van der Waals surface area (Å²) in [4.78, 5) is 40.2. The SMILES string of the molecule is CCC[C@H](N[C@H](C=O)CN1[C@H](C(=O)OCc2ccc(OC)c(OC)c2OC)C[C@@H]2CCCC[C@@H]21)C(=O)OCC. The highest BCUT2D eigenvalue weighted by Crippen LogP contribution is 2.42. The number of hydrogen-bond acceptors (Lipinski definition) is 10. The van der Waals surface area contributed by atoms with Crippen LogP contribution in [0.25, 0.3) is 0 Å². The Bertz CT molecular complexity index is 971. The summed E-state index contributed by atoms with van der Waals surface area (Å²) >= 11 is 0. The lowest BCUT2D eigenvalue weighted by molar-refractivity contribution is -0.151. The summed E-state index contributed by atoms with van der Waals surface area (Å²) < 4.78 is 27.4. The minimum atomic E-state index is -0.618. The van der Waals surface area contributed by atoms with Crippen LogP contribution in [0.5, 0.6) is 17.2 Å². The molecule has 0 bridgehead atoms. The van der Waals surface area contributed by atoms with E-state index in [1.54, 1.807) is 26.2 Å². The summed E-state index contributed by atoms with van der Waals surface area (Å²) in [5.41, 5.74) is 0.662. The number of nitrogens with one attached hydrogen (secondary N) is 1. The number of benzene rings is 1. The van der Waals surface area contributed by atoms with Crippen LogP contribution >= 0.6 is 0 Å². The Labute approximate surface area is 231 Å². The summed E-state index contributed by atoms with van der Waals surface area (Å²) in [6.07, 6.45) is 7.09. The third-order valence-corrected chi connectivity index (χ3v) is 7.78. The predicted octanol–water partition coefficient (Wildman–Crippen LogP) is 3.28. The van der Waals surface area contributed by atoms with E-state index in [-0.39, 0.29) is 31.2 Å². The standard InChI is InChI=1S/C29H44N2O8/c1-6-10-22(28(33)38-7-2)30-21(17-32)16-31-23-12-9-8-11-19(23)15-24(31)29(34)39-18-20-13-14-25(35-3)27(37-5)26(20)36-4/h13-14,17,19,21-24,30H,6-12,15-16,18H2,1-5H3/t19-,21-,22-,23-,24-/m0/s1. The van der Waals surface area contributed by atoms with E-state index in [2.05, 4.69) is 10.2 Å². The highest BCUT2D eigenvalue weighted by Gasteiger charge is 2.46. The van der Waals surface area contributed by atoms with Crippen molar-refractivity contribution in [1.29, 1.82) is 0 Å². The molecule has 3 rings (SSSR count). The predicted molar refractivity (Wildman–Crippen MR) is 145 cm³/mol. The Morgan fingerprint density at radius 2 is 1.79 bits per heavy atom. The Balaban J connectivity index is 1.76. The molecule has 1 saturated carbocycles. The second-order valence-electron chi connectivity index (χ2n) is 10.2. The molecule has 2 fully saturated rings. The number of carbonyl (C=O) groups is 3. The van der Waals surface area contributed by atoms with Crippen LogP contribution < -0.4 is 19.5 Å². The fourth-order valence-corrected chi connectivity index (χ4v) is 5.99. The Kier molecular flexibility index (Phi) is 11.9. The fraction of sp³-hybridized carbons (Fsp3) is 0.690. The smallest absolute Gasteiger partial charge is 0.323 e. The fourth-order valence-electron chi connectivity index (χ4n) is 5.99. The molecular formula is C29H44N2O8. The molecule has 0 amide bonds. The number of ether oxygens (including phenoxy) is 5. The maximum Gasteiger partial charge on any atom is 0.323 e. The number of nitrogens with zero attached hydrogens (tertiary/aromatic N) is 1. The first kappa shape index (κ1) is 30.7. The van der Waals surface area contributed by atoms with Crippen molar-refractivity contribution in [2.24, 2.45) is 5.92 Å².